The van der Waals surface area contributed by atoms with Crippen LogP contribution in [0.1, 0.15) is 50.8 Å². The van der Waals surface area contributed by atoms with Gasteiger partial charge in [0.1, 0.15) is 0 Å². The first kappa shape index (κ1) is 16.8. The number of ether oxygens (including phenoxy) is 2. The van der Waals surface area contributed by atoms with Gasteiger partial charge in [-0.25, -0.2) is 0 Å². The van der Waals surface area contributed by atoms with Gasteiger partial charge in [-0.3, -0.25) is 0 Å². The molecule has 0 aliphatic rings. The van der Waals surface area contributed by atoms with Crippen LogP contribution < -0.4 is 14.8 Å². The summed E-state index contributed by atoms with van der Waals surface area (Å²) in [5, 5.41) is 3.63. The highest BCUT2D eigenvalue weighted by molar-refractivity contribution is 5.48. The summed E-state index contributed by atoms with van der Waals surface area (Å²) in [5.74, 6) is 2.24. The molecular weight excluding hydrogens is 250 g/mol. The molecular formula is C17H29NO2. The Morgan fingerprint density at radius 2 is 1.55 bits per heavy atom. The van der Waals surface area contributed by atoms with E-state index in [-0.39, 0.29) is 0 Å². The normalized spacial score (nSPS) is 12.6. The lowest BCUT2D eigenvalue weighted by Gasteiger charge is -2.28. The Bertz CT molecular complexity index is 414. The van der Waals surface area contributed by atoms with Crippen LogP contribution in [0.3, 0.4) is 0 Å². The number of methoxy groups -OCH3 is 2. The van der Waals surface area contributed by atoms with Gasteiger partial charge in [0.05, 0.1) is 14.2 Å². The molecule has 1 unspecified atom stereocenters. The lowest BCUT2D eigenvalue weighted by molar-refractivity contribution is 0.336. The molecule has 0 fully saturated rings. The summed E-state index contributed by atoms with van der Waals surface area (Å²) < 4.78 is 10.8. The molecule has 1 atom stereocenters. The molecule has 0 radical (unpaired) electrons. The number of hydrogen-bond acceptors (Lipinski definition) is 3. The predicted octanol–water partition coefficient (Wildman–Crippen LogP) is 4.10. The first-order chi connectivity index (χ1) is 9.62. The molecule has 0 heterocycles. The molecule has 0 spiro atoms. The maximum absolute atomic E-state index is 5.45. The van der Waals surface area contributed by atoms with E-state index in [1.807, 2.05) is 0 Å². The van der Waals surface area contributed by atoms with E-state index in [1.54, 1.807) is 14.2 Å². The summed E-state index contributed by atoms with van der Waals surface area (Å²) in [4.78, 5) is 0. The fraction of sp³-hybridized carbons (Fsp3) is 0.647. The Morgan fingerprint density at radius 1 is 1.00 bits per heavy atom. The Labute approximate surface area is 123 Å². The summed E-state index contributed by atoms with van der Waals surface area (Å²) in [6, 6.07) is 4.57. The fourth-order valence-electron chi connectivity index (χ4n) is 2.84. The van der Waals surface area contributed by atoms with Crippen LogP contribution >= 0.6 is 0 Å². The number of aryl methyl sites for hydroxylation is 1. The van der Waals surface area contributed by atoms with E-state index < -0.39 is 0 Å². The largest absolute Gasteiger partial charge is 0.493 e. The van der Waals surface area contributed by atoms with Crippen molar-refractivity contribution in [1.29, 1.82) is 0 Å². The minimum atomic E-state index is 0.370. The third kappa shape index (κ3) is 3.66. The summed E-state index contributed by atoms with van der Waals surface area (Å²) in [6.45, 7) is 9.79. The third-order valence-electron chi connectivity index (χ3n) is 4.05. The van der Waals surface area contributed by atoms with Crippen molar-refractivity contribution in [2.45, 2.75) is 46.6 Å². The number of rotatable bonds is 8. The predicted molar refractivity (Wildman–Crippen MR) is 84.8 cm³/mol. The molecule has 0 aromatic heterocycles. The van der Waals surface area contributed by atoms with Crippen LogP contribution in [0.25, 0.3) is 0 Å². The second-order valence-electron chi connectivity index (χ2n) is 5.18. The molecule has 20 heavy (non-hydrogen) atoms. The highest BCUT2D eigenvalue weighted by atomic mass is 16.5. The molecule has 1 N–H and O–H groups in total. The molecule has 3 nitrogen and oxygen atoms in total. The zero-order valence-corrected chi connectivity index (χ0v) is 13.7. The molecule has 0 bridgehead atoms. The minimum Gasteiger partial charge on any atom is -0.493 e. The maximum atomic E-state index is 5.45. The van der Waals surface area contributed by atoms with Gasteiger partial charge in [0.2, 0.25) is 0 Å². The lowest BCUT2D eigenvalue weighted by Crippen LogP contribution is -2.28. The van der Waals surface area contributed by atoms with Crippen molar-refractivity contribution in [2.75, 3.05) is 20.8 Å². The van der Waals surface area contributed by atoms with Crippen molar-refractivity contribution in [1.82, 2.24) is 5.32 Å². The van der Waals surface area contributed by atoms with Crippen LogP contribution in [0.5, 0.6) is 11.5 Å². The highest BCUT2D eigenvalue weighted by Gasteiger charge is 2.22. The van der Waals surface area contributed by atoms with Crippen molar-refractivity contribution in [2.24, 2.45) is 5.92 Å². The van der Waals surface area contributed by atoms with E-state index in [4.69, 9.17) is 9.47 Å². The zero-order chi connectivity index (χ0) is 15.1. The van der Waals surface area contributed by atoms with Crippen LogP contribution in [0.15, 0.2) is 12.1 Å². The molecule has 0 saturated carbocycles. The van der Waals surface area contributed by atoms with Crippen LogP contribution in [0.4, 0.5) is 0 Å². The van der Waals surface area contributed by atoms with E-state index >= 15 is 0 Å². The van der Waals surface area contributed by atoms with Crippen molar-refractivity contribution in [3.05, 3.63) is 23.3 Å². The van der Waals surface area contributed by atoms with E-state index in [9.17, 15) is 0 Å². The smallest absolute Gasteiger partial charge is 0.161 e. The van der Waals surface area contributed by atoms with Gasteiger partial charge in [-0.2, -0.15) is 0 Å². The van der Waals surface area contributed by atoms with E-state index in [1.165, 1.54) is 24.0 Å². The van der Waals surface area contributed by atoms with Gasteiger partial charge < -0.3 is 14.8 Å². The Morgan fingerprint density at radius 3 is 2.00 bits per heavy atom. The van der Waals surface area contributed by atoms with E-state index in [0.717, 1.165) is 18.0 Å². The summed E-state index contributed by atoms with van der Waals surface area (Å²) in [5.41, 5.74) is 2.57. The van der Waals surface area contributed by atoms with Gasteiger partial charge in [-0.05, 0) is 42.6 Å². The van der Waals surface area contributed by atoms with Gasteiger partial charge in [-0.1, -0.05) is 33.6 Å². The number of benzene rings is 1. The lowest BCUT2D eigenvalue weighted by atomic mass is 9.86. The molecule has 1 rings (SSSR count). The van der Waals surface area contributed by atoms with Gasteiger partial charge in [-0.15, -0.1) is 0 Å². The monoisotopic (exact) mass is 279 g/mol. The van der Waals surface area contributed by atoms with E-state index in [0.29, 0.717) is 12.0 Å². The second kappa shape index (κ2) is 8.15. The number of nitrogens with one attached hydrogen (secondary N) is 1. The van der Waals surface area contributed by atoms with Crippen molar-refractivity contribution in [3.8, 4) is 11.5 Å². The van der Waals surface area contributed by atoms with Crippen LogP contribution in [0, 0.1) is 12.8 Å². The summed E-state index contributed by atoms with van der Waals surface area (Å²) >= 11 is 0. The van der Waals surface area contributed by atoms with Crippen molar-refractivity contribution >= 4 is 0 Å². The van der Waals surface area contributed by atoms with Crippen LogP contribution in [0.2, 0.25) is 0 Å². The second-order valence-corrected chi connectivity index (χ2v) is 5.18. The van der Waals surface area contributed by atoms with Crippen molar-refractivity contribution in [3.63, 3.8) is 0 Å². The Balaban J connectivity index is 3.25. The first-order valence-corrected chi connectivity index (χ1v) is 7.58. The topological polar surface area (TPSA) is 30.5 Å². The molecule has 0 aliphatic carbocycles. The standard InChI is InChI=1S/C17H29NO2/c1-7-13(8-2)17(18-9-3)14-11-16(20-6)15(19-5)10-12(14)4/h10-11,13,17-18H,7-9H2,1-6H3. The summed E-state index contributed by atoms with van der Waals surface area (Å²) in [7, 11) is 3.37. The molecule has 1 aromatic carbocycles. The highest BCUT2D eigenvalue weighted by Crippen LogP contribution is 2.36. The SMILES string of the molecule is CCNC(c1cc(OC)c(OC)cc1C)C(CC)CC. The molecule has 0 amide bonds. The fourth-order valence-corrected chi connectivity index (χ4v) is 2.84. The number of hydrogen-bond donors (Lipinski definition) is 1. The Hall–Kier alpha value is -1.22. The quantitative estimate of drug-likeness (QED) is 0.777. The van der Waals surface area contributed by atoms with E-state index in [2.05, 4.69) is 45.1 Å². The summed E-state index contributed by atoms with van der Waals surface area (Å²) in [6.07, 6.45) is 2.34. The third-order valence-corrected chi connectivity index (χ3v) is 4.05. The molecule has 0 saturated heterocycles. The van der Waals surface area contributed by atoms with Gasteiger partial charge in [0.15, 0.2) is 11.5 Å². The van der Waals surface area contributed by atoms with Crippen LogP contribution in [-0.4, -0.2) is 20.8 Å². The van der Waals surface area contributed by atoms with Gasteiger partial charge in [0, 0.05) is 6.04 Å². The average molecular weight is 279 g/mol. The van der Waals surface area contributed by atoms with Crippen molar-refractivity contribution < 1.29 is 9.47 Å². The maximum Gasteiger partial charge on any atom is 0.161 e. The van der Waals surface area contributed by atoms with Crippen LogP contribution in [-0.2, 0) is 0 Å². The van der Waals surface area contributed by atoms with Gasteiger partial charge >= 0.3 is 0 Å². The minimum absolute atomic E-state index is 0.370. The van der Waals surface area contributed by atoms with Gasteiger partial charge in [0.25, 0.3) is 0 Å². The first-order valence-electron chi connectivity index (χ1n) is 7.58. The molecule has 1 aromatic rings. The zero-order valence-electron chi connectivity index (χ0n) is 13.7. The average Bonchev–Trinajstić information content (AvgIpc) is 2.47. The Kier molecular flexibility index (Phi) is 6.86. The molecule has 3 heteroatoms. The molecule has 114 valence electrons. The molecule has 0 aliphatic heterocycles.